The monoisotopic (exact) mass is 382 g/mol. The van der Waals surface area contributed by atoms with Crippen LogP contribution in [-0.4, -0.2) is 18.7 Å². The maximum absolute atomic E-state index is 12.3. The normalized spacial score (nSPS) is 11.0. The lowest BCUT2D eigenvalue weighted by atomic mass is 10.1. The van der Waals surface area contributed by atoms with Crippen molar-refractivity contribution in [3.05, 3.63) is 81.2 Å². The second kappa shape index (κ2) is 8.01. The molecule has 3 rings (SSSR count). The minimum atomic E-state index is -0.776. The lowest BCUT2D eigenvalue weighted by Crippen LogP contribution is -2.16. The minimum Gasteiger partial charge on any atom is -0.497 e. The summed E-state index contributed by atoms with van der Waals surface area (Å²) in [7, 11) is 1.57. The van der Waals surface area contributed by atoms with Gasteiger partial charge in [0.15, 0.2) is 11.6 Å². The van der Waals surface area contributed by atoms with Crippen molar-refractivity contribution in [3.8, 4) is 5.75 Å². The van der Waals surface area contributed by atoms with Crippen molar-refractivity contribution in [1.29, 1.82) is 0 Å². The molecule has 136 valence electrons. The average Bonchev–Trinajstić information content (AvgIpc) is 2.66. The molecule has 5 nitrogen and oxygen atoms in total. The van der Waals surface area contributed by atoms with E-state index in [-0.39, 0.29) is 5.56 Å². The lowest BCUT2D eigenvalue weighted by Gasteiger charge is -2.01. The molecule has 27 heavy (non-hydrogen) atoms. The van der Waals surface area contributed by atoms with Crippen molar-refractivity contribution in [2.45, 2.75) is 6.42 Å². The van der Waals surface area contributed by atoms with Crippen LogP contribution in [0.3, 0.4) is 0 Å². The number of rotatable bonds is 6. The van der Waals surface area contributed by atoms with Crippen molar-refractivity contribution in [2.24, 2.45) is 0 Å². The molecule has 1 aromatic heterocycles. The Labute approximate surface area is 159 Å². The zero-order valence-electron chi connectivity index (χ0n) is 14.4. The van der Waals surface area contributed by atoms with Gasteiger partial charge in [-0.3, -0.25) is 9.59 Å². The van der Waals surface area contributed by atoms with Gasteiger partial charge in [-0.05, 0) is 48.0 Å². The number of ketones is 2. The molecule has 0 aliphatic heterocycles. The summed E-state index contributed by atoms with van der Waals surface area (Å²) in [4.78, 5) is 36.4. The highest BCUT2D eigenvalue weighted by atomic mass is 35.5. The van der Waals surface area contributed by atoms with Gasteiger partial charge in [0.25, 0.3) is 0 Å². The molecule has 2 aromatic carbocycles. The Morgan fingerprint density at radius 3 is 2.56 bits per heavy atom. The van der Waals surface area contributed by atoms with Gasteiger partial charge in [-0.2, -0.15) is 0 Å². The van der Waals surface area contributed by atoms with Crippen LogP contribution >= 0.6 is 11.6 Å². The van der Waals surface area contributed by atoms with E-state index in [1.54, 1.807) is 55.7 Å². The number of methoxy groups -OCH3 is 1. The predicted molar refractivity (Wildman–Crippen MR) is 103 cm³/mol. The largest absolute Gasteiger partial charge is 0.497 e. The van der Waals surface area contributed by atoms with Crippen molar-refractivity contribution >= 4 is 40.2 Å². The summed E-state index contributed by atoms with van der Waals surface area (Å²) in [5, 5.41) is 0.972. The molecule has 0 atom stereocenters. The maximum Gasteiger partial charge on any atom is 0.347 e. The third kappa shape index (κ3) is 4.51. The molecular weight excluding hydrogens is 368 g/mol. The van der Waals surface area contributed by atoms with Gasteiger partial charge in [0, 0.05) is 10.4 Å². The van der Waals surface area contributed by atoms with Crippen LogP contribution in [0, 0.1) is 0 Å². The number of fused-ring (bicyclic) bond motifs is 1. The molecule has 0 aliphatic carbocycles. The van der Waals surface area contributed by atoms with E-state index in [1.165, 1.54) is 12.1 Å². The number of allylic oxidation sites excluding steroid dienone is 1. The lowest BCUT2D eigenvalue weighted by molar-refractivity contribution is -0.113. The standard InChI is InChI=1S/C21H15ClO5/c1-26-17-7-3-13(4-8-17)2-6-16(23)12-19(24)18-11-14-10-15(22)5-9-20(14)27-21(18)25/h2-11H,12H2,1H3. The first kappa shape index (κ1) is 18.6. The molecule has 3 aromatic rings. The second-order valence-electron chi connectivity index (χ2n) is 5.80. The molecule has 0 saturated carbocycles. The van der Waals surface area contributed by atoms with Crippen LogP contribution in [0.5, 0.6) is 5.75 Å². The number of benzene rings is 2. The Kier molecular flexibility index (Phi) is 5.52. The Morgan fingerprint density at radius 1 is 1.11 bits per heavy atom. The first-order chi connectivity index (χ1) is 13.0. The van der Waals surface area contributed by atoms with Crippen LogP contribution in [0.2, 0.25) is 5.02 Å². The predicted octanol–water partition coefficient (Wildman–Crippen LogP) is 4.31. The number of ether oxygens (including phenoxy) is 1. The van der Waals surface area contributed by atoms with Crippen LogP contribution < -0.4 is 10.4 Å². The van der Waals surface area contributed by atoms with Gasteiger partial charge in [-0.15, -0.1) is 0 Å². The Bertz CT molecular complexity index is 1090. The molecule has 0 unspecified atom stereocenters. The number of hydrogen-bond acceptors (Lipinski definition) is 5. The Balaban J connectivity index is 1.75. The molecule has 0 bridgehead atoms. The molecule has 0 saturated heterocycles. The number of hydrogen-bond donors (Lipinski definition) is 0. The maximum atomic E-state index is 12.3. The zero-order chi connectivity index (χ0) is 19.4. The summed E-state index contributed by atoms with van der Waals surface area (Å²) in [5.74, 6) is -0.312. The van der Waals surface area contributed by atoms with Crippen LogP contribution in [-0.2, 0) is 4.79 Å². The van der Waals surface area contributed by atoms with Gasteiger partial charge in [0.2, 0.25) is 0 Å². The van der Waals surface area contributed by atoms with E-state index in [0.29, 0.717) is 21.7 Å². The van der Waals surface area contributed by atoms with Gasteiger partial charge in [-0.25, -0.2) is 4.79 Å². The molecule has 6 heteroatoms. The molecule has 0 amide bonds. The Hall–Kier alpha value is -3.18. The van der Waals surface area contributed by atoms with E-state index in [1.807, 2.05) is 0 Å². The van der Waals surface area contributed by atoms with Gasteiger partial charge in [0.05, 0.1) is 13.5 Å². The second-order valence-corrected chi connectivity index (χ2v) is 6.24. The smallest absolute Gasteiger partial charge is 0.347 e. The topological polar surface area (TPSA) is 73.6 Å². The first-order valence-electron chi connectivity index (χ1n) is 8.08. The molecule has 0 radical (unpaired) electrons. The van der Waals surface area contributed by atoms with E-state index in [2.05, 4.69) is 0 Å². The third-order valence-electron chi connectivity index (χ3n) is 3.91. The van der Waals surface area contributed by atoms with Crippen molar-refractivity contribution < 1.29 is 18.7 Å². The van der Waals surface area contributed by atoms with E-state index in [9.17, 15) is 14.4 Å². The number of Topliss-reactive ketones (excluding diaryl/α,β-unsaturated/α-hetero) is 1. The van der Waals surface area contributed by atoms with Crippen LogP contribution in [0.4, 0.5) is 0 Å². The van der Waals surface area contributed by atoms with Gasteiger partial charge in [0.1, 0.15) is 16.9 Å². The van der Waals surface area contributed by atoms with Crippen molar-refractivity contribution in [1.82, 2.24) is 0 Å². The molecule has 1 heterocycles. The molecule has 0 fully saturated rings. The van der Waals surface area contributed by atoms with E-state index >= 15 is 0 Å². The van der Waals surface area contributed by atoms with Gasteiger partial charge >= 0.3 is 5.63 Å². The number of carbonyl (C=O) groups is 2. The van der Waals surface area contributed by atoms with Crippen molar-refractivity contribution in [2.75, 3.05) is 7.11 Å². The zero-order valence-corrected chi connectivity index (χ0v) is 15.2. The number of halogens is 1. The Morgan fingerprint density at radius 2 is 1.85 bits per heavy atom. The van der Waals surface area contributed by atoms with Gasteiger partial charge < -0.3 is 9.15 Å². The molecule has 0 spiro atoms. The summed E-state index contributed by atoms with van der Waals surface area (Å²) in [6.07, 6.45) is 2.47. The highest BCUT2D eigenvalue weighted by molar-refractivity contribution is 6.31. The van der Waals surface area contributed by atoms with Crippen LogP contribution in [0.15, 0.2) is 63.8 Å². The van der Waals surface area contributed by atoms with E-state index < -0.39 is 23.6 Å². The summed E-state index contributed by atoms with van der Waals surface area (Å²) in [5.41, 5.74) is 0.167. The SMILES string of the molecule is COc1ccc(C=CC(=O)CC(=O)c2cc3cc(Cl)ccc3oc2=O)cc1. The fourth-order valence-corrected chi connectivity index (χ4v) is 2.69. The quantitative estimate of drug-likeness (QED) is 0.275. The fourth-order valence-electron chi connectivity index (χ4n) is 2.51. The van der Waals surface area contributed by atoms with Crippen LogP contribution in [0.1, 0.15) is 22.3 Å². The molecule has 0 aliphatic rings. The fraction of sp³-hybridized carbons (Fsp3) is 0.0952. The average molecular weight is 383 g/mol. The van der Waals surface area contributed by atoms with Gasteiger partial charge in [-0.1, -0.05) is 29.8 Å². The minimum absolute atomic E-state index is 0.170. The highest BCUT2D eigenvalue weighted by Crippen LogP contribution is 2.19. The highest BCUT2D eigenvalue weighted by Gasteiger charge is 2.16. The molecule has 0 N–H and O–H groups in total. The summed E-state index contributed by atoms with van der Waals surface area (Å²) in [6, 6.07) is 13.2. The first-order valence-corrected chi connectivity index (χ1v) is 8.45. The van der Waals surface area contributed by atoms with E-state index in [0.717, 1.165) is 5.56 Å². The summed E-state index contributed by atoms with van der Waals surface area (Å²) < 4.78 is 10.2. The van der Waals surface area contributed by atoms with Crippen LogP contribution in [0.25, 0.3) is 17.0 Å². The number of carbonyl (C=O) groups excluding carboxylic acids is 2. The molecular formula is C21H15ClO5. The summed E-state index contributed by atoms with van der Waals surface area (Å²) >= 11 is 5.92. The van der Waals surface area contributed by atoms with Crippen molar-refractivity contribution in [3.63, 3.8) is 0 Å². The van der Waals surface area contributed by atoms with E-state index in [4.69, 9.17) is 20.8 Å². The summed E-state index contributed by atoms with van der Waals surface area (Å²) in [6.45, 7) is 0. The third-order valence-corrected chi connectivity index (χ3v) is 4.14.